The maximum atomic E-state index is 13.6. The molecule has 176 valence electrons. The number of anilines is 2. The highest BCUT2D eigenvalue weighted by Crippen LogP contribution is 2.30. The summed E-state index contributed by atoms with van der Waals surface area (Å²) in [6.45, 7) is 5.95. The van der Waals surface area contributed by atoms with Crippen LogP contribution in [0, 0.1) is 0 Å². The van der Waals surface area contributed by atoms with E-state index in [0.29, 0.717) is 0 Å². The van der Waals surface area contributed by atoms with Gasteiger partial charge < -0.3 is 28.7 Å². The first-order valence-electron chi connectivity index (χ1n) is 11.5. The molecule has 0 aliphatic carbocycles. The van der Waals surface area contributed by atoms with Crippen molar-refractivity contribution in [2.45, 2.75) is 34.2 Å². The van der Waals surface area contributed by atoms with Crippen LogP contribution in [-0.2, 0) is 28.8 Å². The van der Waals surface area contributed by atoms with Gasteiger partial charge in [-0.3, -0.25) is 0 Å². The Morgan fingerprint density at radius 2 is 0.970 bits per heavy atom. The van der Waals surface area contributed by atoms with E-state index in [4.69, 9.17) is 18.9 Å². The number of sulfone groups is 1. The van der Waals surface area contributed by atoms with Crippen molar-refractivity contribution in [1.29, 1.82) is 0 Å². The maximum Gasteiger partial charge on any atom is 0.206 e. The molecule has 8 nitrogen and oxygen atoms in total. The molecule has 4 aliphatic rings. The number of rotatable bonds is 12. The Hall–Kier alpha value is -2.17. The van der Waals surface area contributed by atoms with Crippen molar-refractivity contribution in [3.63, 3.8) is 0 Å². The lowest BCUT2D eigenvalue weighted by Crippen LogP contribution is -2.31. The van der Waals surface area contributed by atoms with E-state index in [2.05, 4.69) is 9.80 Å². The lowest BCUT2D eigenvalue weighted by Gasteiger charge is -2.24. The highest BCUT2D eigenvalue weighted by Gasteiger charge is 2.33. The van der Waals surface area contributed by atoms with Gasteiger partial charge in [0.2, 0.25) is 9.84 Å². The quantitative estimate of drug-likeness (QED) is 0.432. The second-order valence-electron chi connectivity index (χ2n) is 9.13. The van der Waals surface area contributed by atoms with Crippen LogP contribution in [0.4, 0.5) is 11.4 Å². The predicted octanol–water partition coefficient (Wildman–Crippen LogP) is 1.73. The maximum absolute atomic E-state index is 13.6. The molecule has 0 saturated carbocycles. The van der Waals surface area contributed by atoms with E-state index in [1.807, 2.05) is 24.3 Å². The van der Waals surface area contributed by atoms with Gasteiger partial charge in [0.1, 0.15) is 0 Å². The third kappa shape index (κ3) is 5.33. The molecule has 6 rings (SSSR count). The second kappa shape index (κ2) is 8.56. The monoisotopic (exact) mass is 472 g/mol. The van der Waals surface area contributed by atoms with Crippen molar-refractivity contribution in [3.8, 4) is 0 Å². The highest BCUT2D eigenvalue weighted by atomic mass is 32.2. The normalized spacial score (nSPS) is 27.2. The topological polar surface area (TPSA) is 90.7 Å². The molecule has 4 fully saturated rings. The first-order chi connectivity index (χ1) is 16.0. The predicted molar refractivity (Wildman–Crippen MR) is 122 cm³/mol. The van der Waals surface area contributed by atoms with E-state index in [-0.39, 0.29) is 34.2 Å². The zero-order valence-electron chi connectivity index (χ0n) is 18.3. The zero-order chi connectivity index (χ0) is 22.4. The van der Waals surface area contributed by atoms with Crippen LogP contribution in [0.5, 0.6) is 0 Å². The molecule has 9 heteroatoms. The van der Waals surface area contributed by atoms with E-state index < -0.39 is 9.84 Å². The zero-order valence-corrected chi connectivity index (χ0v) is 19.2. The summed E-state index contributed by atoms with van der Waals surface area (Å²) in [5, 5.41) is 0. The fourth-order valence-corrected chi connectivity index (χ4v) is 5.42. The first-order valence-corrected chi connectivity index (χ1v) is 12.9. The summed E-state index contributed by atoms with van der Waals surface area (Å²) in [6.07, 6.45) is 0.824. The van der Waals surface area contributed by atoms with Crippen molar-refractivity contribution in [2.75, 3.05) is 62.4 Å². The molecule has 0 aromatic heterocycles. The molecule has 4 atom stereocenters. The lowest BCUT2D eigenvalue weighted by molar-refractivity contribution is 0.388. The molecule has 0 amide bonds. The van der Waals surface area contributed by atoms with Gasteiger partial charge in [0.15, 0.2) is 0 Å². The minimum atomic E-state index is -3.68. The molecule has 2 aromatic rings. The van der Waals surface area contributed by atoms with Crippen LogP contribution in [0.2, 0.25) is 0 Å². The van der Waals surface area contributed by atoms with Gasteiger partial charge >= 0.3 is 0 Å². The summed E-state index contributed by atoms with van der Waals surface area (Å²) in [5.74, 6) is 0. The molecule has 33 heavy (non-hydrogen) atoms. The largest absolute Gasteiger partial charge is 0.371 e. The van der Waals surface area contributed by atoms with Crippen LogP contribution in [0.25, 0.3) is 0 Å². The Bertz CT molecular complexity index is 1000. The van der Waals surface area contributed by atoms with Gasteiger partial charge in [-0.15, -0.1) is 0 Å². The summed E-state index contributed by atoms with van der Waals surface area (Å²) in [4.78, 5) is 4.91. The van der Waals surface area contributed by atoms with Gasteiger partial charge in [-0.2, -0.15) is 0 Å². The molecule has 2 aromatic carbocycles. The van der Waals surface area contributed by atoms with Crippen LogP contribution in [0.15, 0.2) is 58.3 Å². The Labute approximate surface area is 193 Å². The van der Waals surface area contributed by atoms with E-state index in [9.17, 15) is 8.42 Å². The van der Waals surface area contributed by atoms with E-state index >= 15 is 0 Å². The van der Waals surface area contributed by atoms with Crippen molar-refractivity contribution in [2.24, 2.45) is 0 Å². The van der Waals surface area contributed by atoms with E-state index in [0.717, 1.165) is 64.0 Å². The van der Waals surface area contributed by atoms with Crippen LogP contribution in [0.3, 0.4) is 0 Å². The van der Waals surface area contributed by atoms with Gasteiger partial charge in [0, 0.05) is 37.6 Å². The number of epoxide rings is 4. The minimum Gasteiger partial charge on any atom is -0.371 e. The Morgan fingerprint density at radius 1 is 0.636 bits per heavy atom. The summed E-state index contributed by atoms with van der Waals surface area (Å²) in [7, 11) is -3.68. The summed E-state index contributed by atoms with van der Waals surface area (Å²) < 4.78 is 48.8. The first kappa shape index (κ1) is 21.4. The summed E-state index contributed by atoms with van der Waals surface area (Å²) in [5.41, 5.74) is 1.74. The summed E-state index contributed by atoms with van der Waals surface area (Å²) in [6, 6.07) is 14.4. The van der Waals surface area contributed by atoms with Crippen LogP contribution in [-0.4, -0.2) is 85.4 Å². The molecule has 4 saturated heterocycles. The molecule has 0 N–H and O–H groups in total. The number of nitrogens with zero attached hydrogens (tertiary/aromatic N) is 2. The number of hydrogen-bond acceptors (Lipinski definition) is 8. The summed E-state index contributed by atoms with van der Waals surface area (Å²) >= 11 is 0. The van der Waals surface area contributed by atoms with Gasteiger partial charge in [0.25, 0.3) is 0 Å². The second-order valence-corrected chi connectivity index (χ2v) is 11.1. The van der Waals surface area contributed by atoms with Gasteiger partial charge in [0.05, 0.1) is 60.6 Å². The number of ether oxygens (including phenoxy) is 4. The molecule has 4 heterocycles. The molecule has 4 unspecified atom stereocenters. The standard InChI is InChI=1S/C24H28N2O6S/c27-33(28,23-5-1-3-17(7-23)25(9-19-13-29-19)10-20-14-30-20)24-6-2-4-18(8-24)26(11-21-15-31-21)12-22-16-32-22/h1-8,19-22H,9-16H2. The molecule has 0 spiro atoms. The van der Waals surface area contributed by atoms with Crippen molar-refractivity contribution in [1.82, 2.24) is 0 Å². The third-order valence-electron chi connectivity index (χ3n) is 6.29. The SMILES string of the molecule is O=S(=O)(c1cccc(N(CC2CO2)CC2CO2)c1)c1cccc(N(CC2CO2)CC2CO2)c1. The highest BCUT2D eigenvalue weighted by molar-refractivity contribution is 7.91. The molecular weight excluding hydrogens is 444 g/mol. The Morgan fingerprint density at radius 3 is 1.27 bits per heavy atom. The Kier molecular flexibility index (Phi) is 5.54. The third-order valence-corrected chi connectivity index (χ3v) is 8.04. The van der Waals surface area contributed by atoms with Crippen molar-refractivity contribution < 1.29 is 27.4 Å². The van der Waals surface area contributed by atoms with Crippen LogP contribution >= 0.6 is 0 Å². The average molecular weight is 473 g/mol. The van der Waals surface area contributed by atoms with Crippen LogP contribution in [0.1, 0.15) is 0 Å². The Balaban J connectivity index is 1.26. The van der Waals surface area contributed by atoms with Gasteiger partial charge in [-0.25, -0.2) is 8.42 Å². The van der Waals surface area contributed by atoms with Crippen LogP contribution < -0.4 is 9.80 Å². The molecular formula is C24H28N2O6S. The molecule has 0 radical (unpaired) electrons. The number of hydrogen-bond donors (Lipinski definition) is 0. The van der Waals surface area contributed by atoms with E-state index in [1.54, 1.807) is 24.3 Å². The average Bonchev–Trinajstić information content (AvgIpc) is 3.62. The van der Waals surface area contributed by atoms with E-state index in [1.165, 1.54) is 0 Å². The van der Waals surface area contributed by atoms with Gasteiger partial charge in [-0.05, 0) is 36.4 Å². The lowest BCUT2D eigenvalue weighted by atomic mass is 10.2. The van der Waals surface area contributed by atoms with Crippen molar-refractivity contribution >= 4 is 21.2 Å². The molecule has 4 aliphatic heterocycles. The minimum absolute atomic E-state index is 0.206. The van der Waals surface area contributed by atoms with Crippen molar-refractivity contribution in [3.05, 3.63) is 48.5 Å². The fourth-order valence-electron chi connectivity index (χ4n) is 4.08. The number of benzene rings is 2. The molecule has 0 bridgehead atoms. The fraction of sp³-hybridized carbons (Fsp3) is 0.500. The smallest absolute Gasteiger partial charge is 0.206 e. The van der Waals surface area contributed by atoms with Gasteiger partial charge in [-0.1, -0.05) is 12.1 Å².